The minimum atomic E-state index is -0.427. The zero-order chi connectivity index (χ0) is 19.0. The molecular formula is C17H32ClN7O2. The molecule has 4 aliphatic heterocycles. The summed E-state index contributed by atoms with van der Waals surface area (Å²) in [6.45, 7) is 5.01. The molecule has 0 aromatic heterocycles. The number of likely N-dealkylation sites (tertiary alicyclic amines) is 1. The first-order valence-corrected chi connectivity index (χ1v) is 10.5. The van der Waals surface area contributed by atoms with Crippen LogP contribution >= 0.6 is 11.6 Å². The summed E-state index contributed by atoms with van der Waals surface area (Å²) in [7, 11) is 2.12. The molecule has 4 saturated heterocycles. The molecule has 0 saturated carbocycles. The number of nitrogens with one attached hydrogen (secondary N) is 4. The molecule has 4 aliphatic rings. The quantitative estimate of drug-likeness (QED) is 0.338. The van der Waals surface area contributed by atoms with Crippen LogP contribution in [0.3, 0.4) is 0 Å². The first-order valence-electron chi connectivity index (χ1n) is 10.0. The predicted molar refractivity (Wildman–Crippen MR) is 103 cm³/mol. The zero-order valence-electron chi connectivity index (χ0n) is 15.9. The second-order valence-corrected chi connectivity index (χ2v) is 8.86. The van der Waals surface area contributed by atoms with E-state index in [0.29, 0.717) is 13.1 Å². The summed E-state index contributed by atoms with van der Waals surface area (Å²) in [6, 6.07) is -0.0391. The number of nitrogens with two attached hydrogens (primary N) is 1. The molecule has 9 nitrogen and oxygen atoms in total. The summed E-state index contributed by atoms with van der Waals surface area (Å²) >= 11 is 6.21. The molecule has 0 aromatic carbocycles. The second-order valence-electron chi connectivity index (χ2n) is 8.24. The Balaban J connectivity index is 1.37. The molecule has 0 bridgehead atoms. The fourth-order valence-electron chi connectivity index (χ4n) is 4.65. The Bertz CT molecular complexity index is 541. The highest BCUT2D eigenvalue weighted by molar-refractivity contribution is 6.21. The number of carbonyl (C=O) groups is 1. The van der Waals surface area contributed by atoms with Gasteiger partial charge in [0.25, 0.3) is 0 Å². The first kappa shape index (κ1) is 19.8. The predicted octanol–water partition coefficient (Wildman–Crippen LogP) is -2.19. The van der Waals surface area contributed by atoms with Crippen molar-refractivity contribution in [3.8, 4) is 0 Å². The average Bonchev–Trinajstić information content (AvgIpc) is 3.18. The molecule has 10 heteroatoms. The van der Waals surface area contributed by atoms with E-state index in [-0.39, 0.29) is 41.6 Å². The van der Waals surface area contributed by atoms with E-state index in [1.54, 1.807) is 0 Å². The molecule has 27 heavy (non-hydrogen) atoms. The van der Waals surface area contributed by atoms with Crippen molar-refractivity contribution in [2.24, 2.45) is 11.7 Å². The summed E-state index contributed by atoms with van der Waals surface area (Å²) in [5.74, 6) is -0.400. The normalized spacial score (nSPS) is 43.6. The van der Waals surface area contributed by atoms with E-state index in [4.69, 9.17) is 22.1 Å². The number of hydrogen-bond acceptors (Lipinski definition) is 8. The topological polar surface area (TPSA) is 107 Å². The highest BCUT2D eigenvalue weighted by Gasteiger charge is 2.47. The number of piperidine rings is 1. The number of amides is 1. The number of ether oxygens (including phenoxy) is 1. The van der Waals surface area contributed by atoms with Crippen LogP contribution in [0.5, 0.6) is 0 Å². The number of fused-ring (bicyclic) bond motifs is 1. The van der Waals surface area contributed by atoms with Crippen LogP contribution in [0.4, 0.5) is 0 Å². The van der Waals surface area contributed by atoms with Gasteiger partial charge in [0.05, 0.1) is 41.9 Å². The van der Waals surface area contributed by atoms with Gasteiger partial charge in [-0.15, -0.1) is 11.6 Å². The van der Waals surface area contributed by atoms with Crippen LogP contribution in [-0.2, 0) is 9.53 Å². The van der Waals surface area contributed by atoms with Gasteiger partial charge in [-0.25, -0.2) is 10.4 Å². The van der Waals surface area contributed by atoms with E-state index in [0.717, 1.165) is 39.0 Å². The van der Waals surface area contributed by atoms with Crippen LogP contribution in [0.2, 0.25) is 0 Å². The molecule has 4 rings (SSSR count). The van der Waals surface area contributed by atoms with Crippen LogP contribution in [0.1, 0.15) is 12.8 Å². The molecule has 1 amide bonds. The van der Waals surface area contributed by atoms with Gasteiger partial charge in [-0.2, -0.15) is 0 Å². The average molecular weight is 402 g/mol. The zero-order valence-corrected chi connectivity index (χ0v) is 16.6. The Kier molecular flexibility index (Phi) is 6.20. The fraction of sp³-hybridized carbons (Fsp3) is 0.941. The number of likely N-dealkylation sites (N-methyl/N-ethyl adjacent to an activating group) is 1. The molecule has 0 radical (unpaired) electrons. The fourth-order valence-corrected chi connectivity index (χ4v) is 4.89. The van der Waals surface area contributed by atoms with E-state index >= 15 is 0 Å². The minimum absolute atomic E-state index is 0.00706. The van der Waals surface area contributed by atoms with Gasteiger partial charge in [0.15, 0.2) is 0 Å². The van der Waals surface area contributed by atoms with Gasteiger partial charge in [0.2, 0.25) is 5.91 Å². The second kappa shape index (κ2) is 8.46. The van der Waals surface area contributed by atoms with Crippen LogP contribution in [0, 0.1) is 5.92 Å². The summed E-state index contributed by atoms with van der Waals surface area (Å²) in [5, 5.41) is 11.9. The molecule has 7 atom stereocenters. The lowest BCUT2D eigenvalue weighted by Gasteiger charge is -2.37. The lowest BCUT2D eigenvalue weighted by Crippen LogP contribution is -2.61. The standard InChI is InChI=1S/C17H32ClN7O2/c1-24-5-3-11(9-24)27-13-2-4-20-7-12(13)22-17(26)14-15(19)23-25-8-10(18)6-21-16(14)25/h10-16,20-21,23H,2-9,19H2,1H3,(H,22,26)/t10?,11-,12?,13?,14?,15?,16?/m0/s1. The van der Waals surface area contributed by atoms with Gasteiger partial charge >= 0.3 is 0 Å². The number of alkyl halides is 1. The lowest BCUT2D eigenvalue weighted by molar-refractivity contribution is -0.129. The van der Waals surface area contributed by atoms with Gasteiger partial charge in [-0.3, -0.25) is 10.1 Å². The summed E-state index contributed by atoms with van der Waals surface area (Å²) in [6.07, 6.45) is 1.70. The maximum Gasteiger partial charge on any atom is 0.229 e. The van der Waals surface area contributed by atoms with Crippen molar-refractivity contribution >= 4 is 17.5 Å². The molecule has 154 valence electrons. The van der Waals surface area contributed by atoms with Crippen LogP contribution in [-0.4, -0.2) is 98.1 Å². The number of hydrogen-bond donors (Lipinski definition) is 5. The van der Waals surface area contributed by atoms with Crippen LogP contribution in [0.15, 0.2) is 0 Å². The molecule has 0 aromatic rings. The van der Waals surface area contributed by atoms with E-state index < -0.39 is 6.17 Å². The third kappa shape index (κ3) is 4.40. The van der Waals surface area contributed by atoms with Crippen molar-refractivity contribution in [2.75, 3.05) is 46.3 Å². The van der Waals surface area contributed by atoms with E-state index in [9.17, 15) is 4.79 Å². The number of halogens is 1. The molecular weight excluding hydrogens is 370 g/mol. The largest absolute Gasteiger partial charge is 0.371 e. The van der Waals surface area contributed by atoms with Crippen molar-refractivity contribution in [3.05, 3.63) is 0 Å². The van der Waals surface area contributed by atoms with Gasteiger partial charge in [0, 0.05) is 32.7 Å². The van der Waals surface area contributed by atoms with Crippen LogP contribution in [0.25, 0.3) is 0 Å². The Hall–Kier alpha value is -0.520. The summed E-state index contributed by atoms with van der Waals surface area (Å²) in [5.41, 5.74) is 9.40. The molecule has 6 unspecified atom stereocenters. The van der Waals surface area contributed by atoms with Gasteiger partial charge in [0.1, 0.15) is 0 Å². The van der Waals surface area contributed by atoms with Gasteiger partial charge in [-0.05, 0) is 26.4 Å². The Morgan fingerprint density at radius 1 is 1.30 bits per heavy atom. The summed E-state index contributed by atoms with van der Waals surface area (Å²) in [4.78, 5) is 15.4. The van der Waals surface area contributed by atoms with Crippen molar-refractivity contribution in [2.45, 2.75) is 48.8 Å². The van der Waals surface area contributed by atoms with Crippen molar-refractivity contribution in [3.63, 3.8) is 0 Å². The van der Waals surface area contributed by atoms with Crippen molar-refractivity contribution < 1.29 is 9.53 Å². The van der Waals surface area contributed by atoms with Gasteiger partial charge < -0.3 is 26.0 Å². The molecule has 0 spiro atoms. The van der Waals surface area contributed by atoms with Gasteiger partial charge in [-0.1, -0.05) is 0 Å². The molecule has 0 aliphatic carbocycles. The third-order valence-corrected chi connectivity index (χ3v) is 6.38. The SMILES string of the molecule is CN1CC[C@H](OC2CCNCC2NC(=O)C2C(N)NN3CC(Cl)CNC23)C1. The minimum Gasteiger partial charge on any atom is -0.371 e. The van der Waals surface area contributed by atoms with E-state index in [1.165, 1.54) is 0 Å². The highest BCUT2D eigenvalue weighted by atomic mass is 35.5. The summed E-state index contributed by atoms with van der Waals surface area (Å²) < 4.78 is 6.36. The number of carbonyl (C=O) groups excluding carboxylic acids is 1. The van der Waals surface area contributed by atoms with Crippen LogP contribution < -0.4 is 27.1 Å². The Morgan fingerprint density at radius 2 is 2.15 bits per heavy atom. The maximum atomic E-state index is 13.1. The monoisotopic (exact) mass is 401 g/mol. The third-order valence-electron chi connectivity index (χ3n) is 6.09. The Labute approximate surface area is 165 Å². The first-order chi connectivity index (χ1) is 13.0. The molecule has 6 N–H and O–H groups in total. The van der Waals surface area contributed by atoms with E-state index in [1.807, 2.05) is 5.01 Å². The highest BCUT2D eigenvalue weighted by Crippen LogP contribution is 2.24. The Morgan fingerprint density at radius 3 is 2.93 bits per heavy atom. The smallest absolute Gasteiger partial charge is 0.229 e. The van der Waals surface area contributed by atoms with Crippen molar-refractivity contribution in [1.29, 1.82) is 0 Å². The maximum absolute atomic E-state index is 13.1. The van der Waals surface area contributed by atoms with Crippen molar-refractivity contribution in [1.82, 2.24) is 31.3 Å². The number of hydrazine groups is 1. The lowest BCUT2D eigenvalue weighted by atomic mass is 9.98. The molecule has 4 heterocycles. The number of rotatable bonds is 4. The molecule has 4 fully saturated rings. The van der Waals surface area contributed by atoms with E-state index in [2.05, 4.69) is 33.3 Å². The number of nitrogens with zero attached hydrogens (tertiary/aromatic N) is 2.